The summed E-state index contributed by atoms with van der Waals surface area (Å²) in [5.41, 5.74) is 0.587. The Balaban J connectivity index is 1.97. The van der Waals surface area contributed by atoms with E-state index in [1.807, 2.05) is 6.92 Å². The van der Waals surface area contributed by atoms with E-state index in [4.69, 9.17) is 0 Å². The second-order valence-electron chi connectivity index (χ2n) is 7.17. The number of H-pyrrole nitrogens is 1. The van der Waals surface area contributed by atoms with Crippen molar-refractivity contribution in [3.63, 3.8) is 0 Å². The molecule has 1 aromatic heterocycles. The Hall–Kier alpha value is -1.89. The van der Waals surface area contributed by atoms with Crippen LogP contribution < -0.4 is 0 Å². The summed E-state index contributed by atoms with van der Waals surface area (Å²) in [5.74, 6) is -0.348. The van der Waals surface area contributed by atoms with Crippen molar-refractivity contribution in [3.8, 4) is 0 Å². The monoisotopic (exact) mass is 366 g/mol. The molecule has 2 aromatic rings. The van der Waals surface area contributed by atoms with E-state index >= 15 is 0 Å². The maximum absolute atomic E-state index is 13.7. The number of halogens is 1. The average Bonchev–Trinajstić information content (AvgIpc) is 3.11. The van der Waals surface area contributed by atoms with Gasteiger partial charge in [0.25, 0.3) is 0 Å². The van der Waals surface area contributed by atoms with E-state index in [0.717, 1.165) is 5.52 Å². The number of carbonyl (C=O) groups is 1. The highest BCUT2D eigenvalue weighted by atomic mass is 32.2. The standard InChI is InChI=1S/C18H23FN2O3S/c1-4-21(13-7-8-25(23,24)11-13)17(22)18(2,3)15-10-20-16-6-5-12(19)9-14(15)16/h5-6,9-10,13,20H,4,7-8,11H2,1-3H3. The number of aromatic amines is 1. The molecule has 1 aliphatic heterocycles. The first-order valence-corrected chi connectivity index (χ1v) is 10.3. The molecule has 0 radical (unpaired) electrons. The summed E-state index contributed by atoms with van der Waals surface area (Å²) in [5, 5.41) is 0.674. The van der Waals surface area contributed by atoms with Crippen molar-refractivity contribution >= 4 is 26.6 Å². The molecule has 1 N–H and O–H groups in total. The number of sulfone groups is 1. The summed E-state index contributed by atoms with van der Waals surface area (Å²) >= 11 is 0. The lowest BCUT2D eigenvalue weighted by atomic mass is 9.82. The first-order chi connectivity index (χ1) is 11.7. The van der Waals surface area contributed by atoms with Crippen LogP contribution in [-0.2, 0) is 20.0 Å². The van der Waals surface area contributed by atoms with Crippen molar-refractivity contribution < 1.29 is 17.6 Å². The lowest BCUT2D eigenvalue weighted by molar-refractivity contribution is -0.137. The average molecular weight is 366 g/mol. The smallest absolute Gasteiger partial charge is 0.233 e. The molecule has 1 unspecified atom stereocenters. The van der Waals surface area contributed by atoms with Crippen molar-refractivity contribution in [1.29, 1.82) is 0 Å². The van der Waals surface area contributed by atoms with Gasteiger partial charge in [0.2, 0.25) is 5.91 Å². The van der Waals surface area contributed by atoms with Gasteiger partial charge in [-0.2, -0.15) is 0 Å². The molecule has 5 nitrogen and oxygen atoms in total. The molecule has 136 valence electrons. The Bertz CT molecular complexity index is 918. The molecule has 1 aromatic carbocycles. The van der Waals surface area contributed by atoms with Crippen LogP contribution in [0.4, 0.5) is 4.39 Å². The van der Waals surface area contributed by atoms with Crippen LogP contribution in [0.5, 0.6) is 0 Å². The predicted molar refractivity (Wildman–Crippen MR) is 95.7 cm³/mol. The first-order valence-electron chi connectivity index (χ1n) is 8.44. The maximum Gasteiger partial charge on any atom is 0.233 e. The van der Waals surface area contributed by atoms with Crippen molar-refractivity contribution in [2.24, 2.45) is 0 Å². The van der Waals surface area contributed by atoms with Crippen LogP contribution in [0.1, 0.15) is 32.8 Å². The van der Waals surface area contributed by atoms with Gasteiger partial charge in [-0.1, -0.05) is 0 Å². The Morgan fingerprint density at radius 3 is 2.72 bits per heavy atom. The summed E-state index contributed by atoms with van der Waals surface area (Å²) < 4.78 is 37.2. The lowest BCUT2D eigenvalue weighted by Gasteiger charge is -2.34. The molecule has 0 saturated carbocycles. The highest BCUT2D eigenvalue weighted by Crippen LogP contribution is 2.34. The summed E-state index contributed by atoms with van der Waals surface area (Å²) in [6.07, 6.45) is 2.21. The third-order valence-corrected chi connectivity index (χ3v) is 6.85. The lowest BCUT2D eigenvalue weighted by Crippen LogP contribution is -2.49. The van der Waals surface area contributed by atoms with E-state index in [1.54, 1.807) is 31.0 Å². The number of rotatable bonds is 4. The SMILES string of the molecule is CCN(C(=O)C(C)(C)c1c[nH]c2ccc(F)cc12)C1CCS(=O)(=O)C1. The molecule has 1 atom stereocenters. The summed E-state index contributed by atoms with van der Waals surface area (Å²) in [7, 11) is -3.07. The van der Waals surface area contributed by atoms with Crippen molar-refractivity contribution in [3.05, 3.63) is 35.8 Å². The third-order valence-electron chi connectivity index (χ3n) is 5.10. The molecule has 3 rings (SSSR count). The summed E-state index contributed by atoms with van der Waals surface area (Å²) in [4.78, 5) is 18.0. The third kappa shape index (κ3) is 3.17. The molecule has 25 heavy (non-hydrogen) atoms. The van der Waals surface area contributed by atoms with Gasteiger partial charge in [0, 0.05) is 29.7 Å². The minimum absolute atomic E-state index is 0.0190. The molecule has 1 fully saturated rings. The second-order valence-corrected chi connectivity index (χ2v) is 9.39. The van der Waals surface area contributed by atoms with E-state index in [9.17, 15) is 17.6 Å². The van der Waals surface area contributed by atoms with Gasteiger partial charge < -0.3 is 9.88 Å². The van der Waals surface area contributed by atoms with Crippen molar-refractivity contribution in [2.75, 3.05) is 18.1 Å². The van der Waals surface area contributed by atoms with Gasteiger partial charge in [-0.25, -0.2) is 12.8 Å². The molecule has 2 heterocycles. The van der Waals surface area contributed by atoms with Crippen LogP contribution in [0.15, 0.2) is 24.4 Å². The maximum atomic E-state index is 13.7. The zero-order valence-electron chi connectivity index (χ0n) is 14.7. The molecular weight excluding hydrogens is 343 g/mol. The van der Waals surface area contributed by atoms with Gasteiger partial charge in [-0.15, -0.1) is 0 Å². The van der Waals surface area contributed by atoms with Gasteiger partial charge in [0.1, 0.15) is 5.82 Å². The molecule has 7 heteroatoms. The number of nitrogens with one attached hydrogen (secondary N) is 1. The molecular formula is C18H23FN2O3S. The van der Waals surface area contributed by atoms with Gasteiger partial charge in [-0.3, -0.25) is 4.79 Å². The Morgan fingerprint density at radius 1 is 1.40 bits per heavy atom. The van der Waals surface area contributed by atoms with Crippen LogP contribution in [0.3, 0.4) is 0 Å². The van der Waals surface area contributed by atoms with Crippen molar-refractivity contribution in [2.45, 2.75) is 38.6 Å². The van der Waals surface area contributed by atoms with Gasteiger partial charge in [-0.05, 0) is 51.0 Å². The summed E-state index contributed by atoms with van der Waals surface area (Å²) in [6.45, 7) is 5.90. The van der Waals surface area contributed by atoms with Crippen LogP contribution >= 0.6 is 0 Å². The van der Waals surface area contributed by atoms with E-state index in [1.165, 1.54) is 12.1 Å². The van der Waals surface area contributed by atoms with Crippen LogP contribution in [0.25, 0.3) is 10.9 Å². The molecule has 1 amide bonds. The number of carbonyl (C=O) groups excluding carboxylic acids is 1. The number of hydrogen-bond acceptors (Lipinski definition) is 3. The molecule has 0 spiro atoms. The minimum Gasteiger partial charge on any atom is -0.361 e. The predicted octanol–water partition coefficient (Wildman–Crippen LogP) is 2.62. The number of nitrogens with zero attached hydrogens (tertiary/aromatic N) is 1. The van der Waals surface area contributed by atoms with Gasteiger partial charge in [0.15, 0.2) is 9.84 Å². The number of hydrogen-bond donors (Lipinski definition) is 1. The Kier molecular flexibility index (Phi) is 4.39. The number of amides is 1. The fourth-order valence-corrected chi connectivity index (χ4v) is 5.40. The number of benzene rings is 1. The highest BCUT2D eigenvalue weighted by molar-refractivity contribution is 7.91. The fourth-order valence-electron chi connectivity index (χ4n) is 3.67. The van der Waals surface area contributed by atoms with Crippen LogP contribution in [-0.4, -0.2) is 48.3 Å². The topological polar surface area (TPSA) is 70.2 Å². The largest absolute Gasteiger partial charge is 0.361 e. The Morgan fingerprint density at radius 2 is 2.12 bits per heavy atom. The number of aromatic nitrogens is 1. The molecule has 0 aliphatic carbocycles. The molecule has 1 saturated heterocycles. The fraction of sp³-hybridized carbons (Fsp3) is 0.500. The second kappa shape index (κ2) is 6.12. The van der Waals surface area contributed by atoms with Gasteiger partial charge >= 0.3 is 0 Å². The van der Waals surface area contributed by atoms with E-state index in [2.05, 4.69) is 4.98 Å². The highest BCUT2D eigenvalue weighted by Gasteiger charge is 2.41. The van der Waals surface area contributed by atoms with Crippen LogP contribution in [0.2, 0.25) is 0 Å². The number of fused-ring (bicyclic) bond motifs is 1. The zero-order chi connectivity index (χ0) is 18.4. The number of likely N-dealkylation sites (N-methyl/N-ethyl adjacent to an activating group) is 1. The summed E-state index contributed by atoms with van der Waals surface area (Å²) in [6, 6.07) is 4.16. The first kappa shape index (κ1) is 17.9. The molecule has 1 aliphatic rings. The normalized spacial score (nSPS) is 20.1. The van der Waals surface area contributed by atoms with Crippen LogP contribution in [0, 0.1) is 5.82 Å². The Labute approximate surface area is 147 Å². The van der Waals surface area contributed by atoms with E-state index < -0.39 is 15.3 Å². The van der Waals surface area contributed by atoms with E-state index in [0.29, 0.717) is 23.9 Å². The van der Waals surface area contributed by atoms with E-state index in [-0.39, 0.29) is 29.3 Å². The quantitative estimate of drug-likeness (QED) is 0.904. The van der Waals surface area contributed by atoms with Crippen molar-refractivity contribution in [1.82, 2.24) is 9.88 Å². The van der Waals surface area contributed by atoms with Gasteiger partial charge in [0.05, 0.1) is 16.9 Å². The molecule has 0 bridgehead atoms. The zero-order valence-corrected chi connectivity index (χ0v) is 15.5. The minimum atomic E-state index is -3.07.